The summed E-state index contributed by atoms with van der Waals surface area (Å²) in [5.74, 6) is 0. The molecule has 3 nitrogen and oxygen atoms in total. The molecule has 2 aromatic heterocycles. The first-order valence-corrected chi connectivity index (χ1v) is 7.88. The molecule has 2 heterocycles. The second-order valence-corrected chi connectivity index (χ2v) is 5.88. The third-order valence-electron chi connectivity index (χ3n) is 3.06. The Morgan fingerprint density at radius 2 is 2.05 bits per heavy atom. The predicted molar refractivity (Wildman–Crippen MR) is 86.7 cm³/mol. The molecule has 0 aliphatic rings. The van der Waals surface area contributed by atoms with E-state index >= 15 is 0 Å². The number of aromatic nitrogens is 3. The summed E-state index contributed by atoms with van der Waals surface area (Å²) in [6.45, 7) is 2.91. The van der Waals surface area contributed by atoms with Gasteiger partial charge in [0.15, 0.2) is 0 Å². The molecule has 0 N–H and O–H groups in total. The molecule has 0 spiro atoms. The lowest BCUT2D eigenvalue weighted by Crippen LogP contribution is -1.94. The van der Waals surface area contributed by atoms with Crippen LogP contribution < -0.4 is 0 Å². The predicted octanol–water partition coefficient (Wildman–Crippen LogP) is 4.77. The molecular weight excluding hydrogens is 302 g/mol. The summed E-state index contributed by atoms with van der Waals surface area (Å²) < 4.78 is 1.89. The maximum atomic E-state index is 6.55. The van der Waals surface area contributed by atoms with E-state index in [0.29, 0.717) is 0 Å². The van der Waals surface area contributed by atoms with Gasteiger partial charge in [-0.2, -0.15) is 5.10 Å². The summed E-state index contributed by atoms with van der Waals surface area (Å²) in [7, 11) is 0. The summed E-state index contributed by atoms with van der Waals surface area (Å²) in [6.07, 6.45) is 3.74. The molecule has 106 valence electrons. The van der Waals surface area contributed by atoms with Gasteiger partial charge in [-0.15, -0.1) is 0 Å². The van der Waals surface area contributed by atoms with Crippen LogP contribution in [0.25, 0.3) is 11.3 Å². The Labute approximate surface area is 133 Å². The Hall–Kier alpha value is -1.78. The van der Waals surface area contributed by atoms with Crippen molar-refractivity contribution < 1.29 is 0 Å². The maximum Gasteiger partial charge on any atom is 0.101 e. The minimum Gasteiger partial charge on any atom is -0.272 e. The van der Waals surface area contributed by atoms with Crippen LogP contribution in [-0.4, -0.2) is 14.8 Å². The fourth-order valence-electron chi connectivity index (χ4n) is 1.99. The zero-order valence-corrected chi connectivity index (χ0v) is 13.1. The van der Waals surface area contributed by atoms with E-state index in [1.54, 1.807) is 18.0 Å². The highest BCUT2D eigenvalue weighted by Crippen LogP contribution is 2.37. The molecule has 0 radical (unpaired) electrons. The number of benzene rings is 1. The van der Waals surface area contributed by atoms with Gasteiger partial charge in [0, 0.05) is 29.4 Å². The van der Waals surface area contributed by atoms with Gasteiger partial charge in [-0.25, -0.2) is 4.98 Å². The molecule has 0 amide bonds. The average Bonchev–Trinajstić information content (AvgIpc) is 2.99. The van der Waals surface area contributed by atoms with Crippen LogP contribution in [0.15, 0.2) is 64.8 Å². The van der Waals surface area contributed by atoms with Crippen LogP contribution in [0.4, 0.5) is 0 Å². The van der Waals surface area contributed by atoms with Gasteiger partial charge in [0.05, 0.1) is 10.7 Å². The third kappa shape index (κ3) is 3.12. The minimum absolute atomic E-state index is 0.717. The lowest BCUT2D eigenvalue weighted by molar-refractivity contribution is 0.662. The van der Waals surface area contributed by atoms with Crippen molar-refractivity contribution in [3.8, 4) is 11.3 Å². The molecule has 21 heavy (non-hydrogen) atoms. The van der Waals surface area contributed by atoms with E-state index in [9.17, 15) is 0 Å². The van der Waals surface area contributed by atoms with Crippen molar-refractivity contribution in [1.82, 2.24) is 14.8 Å². The first kappa shape index (κ1) is 14.2. The van der Waals surface area contributed by atoms with Crippen molar-refractivity contribution in [3.63, 3.8) is 0 Å². The Kier molecular flexibility index (Phi) is 4.27. The van der Waals surface area contributed by atoms with Gasteiger partial charge in [-0.1, -0.05) is 41.6 Å². The lowest BCUT2D eigenvalue weighted by atomic mass is 10.1. The summed E-state index contributed by atoms with van der Waals surface area (Å²) in [4.78, 5) is 5.30. The van der Waals surface area contributed by atoms with E-state index in [2.05, 4.69) is 17.0 Å². The maximum absolute atomic E-state index is 6.55. The quantitative estimate of drug-likeness (QED) is 0.695. The molecular formula is C16H14ClN3S. The highest BCUT2D eigenvalue weighted by molar-refractivity contribution is 7.99. The van der Waals surface area contributed by atoms with Gasteiger partial charge >= 0.3 is 0 Å². The van der Waals surface area contributed by atoms with Crippen LogP contribution in [0, 0.1) is 0 Å². The van der Waals surface area contributed by atoms with Gasteiger partial charge in [0.25, 0.3) is 0 Å². The van der Waals surface area contributed by atoms with Crippen molar-refractivity contribution in [2.24, 2.45) is 0 Å². The summed E-state index contributed by atoms with van der Waals surface area (Å²) in [5.41, 5.74) is 1.84. The van der Waals surface area contributed by atoms with E-state index in [1.165, 1.54) is 0 Å². The molecule has 0 saturated heterocycles. The van der Waals surface area contributed by atoms with E-state index in [-0.39, 0.29) is 0 Å². The van der Waals surface area contributed by atoms with Crippen LogP contribution in [0.5, 0.6) is 0 Å². The fraction of sp³-hybridized carbons (Fsp3) is 0.125. The van der Waals surface area contributed by atoms with Gasteiger partial charge in [-0.3, -0.25) is 4.68 Å². The fourth-order valence-corrected chi connectivity index (χ4v) is 3.16. The number of hydrogen-bond acceptors (Lipinski definition) is 3. The normalized spacial score (nSPS) is 10.8. The topological polar surface area (TPSA) is 30.7 Å². The second kappa shape index (κ2) is 6.33. The Bertz CT molecular complexity index is 740. The van der Waals surface area contributed by atoms with E-state index < -0.39 is 0 Å². The van der Waals surface area contributed by atoms with Crippen LogP contribution in [0.3, 0.4) is 0 Å². The molecule has 0 saturated carbocycles. The second-order valence-electron chi connectivity index (χ2n) is 4.44. The van der Waals surface area contributed by atoms with Crippen molar-refractivity contribution in [3.05, 3.63) is 59.9 Å². The number of rotatable bonds is 4. The van der Waals surface area contributed by atoms with E-state index in [4.69, 9.17) is 11.6 Å². The number of nitrogens with zero attached hydrogens (tertiary/aromatic N) is 3. The highest BCUT2D eigenvalue weighted by Gasteiger charge is 2.11. The van der Waals surface area contributed by atoms with Crippen molar-refractivity contribution in [1.29, 1.82) is 0 Å². The minimum atomic E-state index is 0.717. The summed E-state index contributed by atoms with van der Waals surface area (Å²) >= 11 is 8.11. The van der Waals surface area contributed by atoms with Crippen LogP contribution >= 0.6 is 23.4 Å². The summed E-state index contributed by atoms with van der Waals surface area (Å²) in [6, 6.07) is 13.8. The van der Waals surface area contributed by atoms with Crippen LogP contribution in [0.2, 0.25) is 5.02 Å². The van der Waals surface area contributed by atoms with Gasteiger partial charge < -0.3 is 0 Å². The van der Waals surface area contributed by atoms with Gasteiger partial charge in [0.2, 0.25) is 0 Å². The van der Waals surface area contributed by atoms with Gasteiger partial charge in [-0.05, 0) is 31.2 Å². The van der Waals surface area contributed by atoms with Crippen molar-refractivity contribution in [2.75, 3.05) is 0 Å². The Morgan fingerprint density at radius 1 is 1.14 bits per heavy atom. The van der Waals surface area contributed by atoms with E-state index in [1.807, 2.05) is 53.3 Å². The Morgan fingerprint density at radius 3 is 2.76 bits per heavy atom. The average molecular weight is 316 g/mol. The number of halogens is 1. The molecule has 0 fully saturated rings. The molecule has 3 rings (SSSR count). The smallest absolute Gasteiger partial charge is 0.101 e. The Balaban J connectivity index is 1.95. The highest BCUT2D eigenvalue weighted by atomic mass is 35.5. The number of aryl methyl sites for hydroxylation is 1. The molecule has 0 unspecified atom stereocenters. The molecule has 0 atom stereocenters. The van der Waals surface area contributed by atoms with E-state index in [0.717, 1.165) is 32.7 Å². The van der Waals surface area contributed by atoms with Gasteiger partial charge in [0.1, 0.15) is 5.03 Å². The molecule has 0 aliphatic carbocycles. The first-order chi connectivity index (χ1) is 10.3. The zero-order valence-electron chi connectivity index (χ0n) is 11.5. The molecule has 0 bridgehead atoms. The van der Waals surface area contributed by atoms with Crippen LogP contribution in [-0.2, 0) is 6.54 Å². The van der Waals surface area contributed by atoms with Crippen LogP contribution in [0.1, 0.15) is 6.92 Å². The van der Waals surface area contributed by atoms with Crippen molar-refractivity contribution in [2.45, 2.75) is 23.4 Å². The van der Waals surface area contributed by atoms with Crippen molar-refractivity contribution >= 4 is 23.4 Å². The molecule has 1 aromatic carbocycles. The lowest BCUT2D eigenvalue weighted by Gasteiger charge is -2.07. The standard InChI is InChI=1S/C16H14ClN3S/c1-2-20-11-9-13(19-20)12-6-5-7-14(16(12)17)21-15-8-3-4-10-18-15/h3-11H,2H2,1H3. The largest absolute Gasteiger partial charge is 0.272 e. The SMILES string of the molecule is CCn1ccc(-c2cccc(Sc3ccccn3)c2Cl)n1. The number of pyridine rings is 1. The third-order valence-corrected chi connectivity index (χ3v) is 4.59. The zero-order chi connectivity index (χ0) is 14.7. The molecule has 5 heteroatoms. The monoisotopic (exact) mass is 315 g/mol. The molecule has 0 aliphatic heterocycles. The molecule has 3 aromatic rings. The summed E-state index contributed by atoms with van der Waals surface area (Å²) in [5, 5.41) is 6.16. The first-order valence-electron chi connectivity index (χ1n) is 6.69. The number of hydrogen-bond donors (Lipinski definition) is 0.